The van der Waals surface area contributed by atoms with Gasteiger partial charge in [0.15, 0.2) is 12.6 Å². The molecule has 0 N–H and O–H groups in total. The van der Waals surface area contributed by atoms with Crippen molar-refractivity contribution in [3.05, 3.63) is 76.7 Å². The molecular weight excluding hydrogens is 413 g/mol. The van der Waals surface area contributed by atoms with Crippen molar-refractivity contribution in [2.45, 2.75) is 52.6 Å². The van der Waals surface area contributed by atoms with E-state index in [0.717, 1.165) is 11.1 Å². The zero-order valence-corrected chi connectivity index (χ0v) is 20.4. The van der Waals surface area contributed by atoms with Crippen LogP contribution in [0.4, 0.5) is 0 Å². The van der Waals surface area contributed by atoms with Gasteiger partial charge in [-0.15, -0.1) is 12.1 Å². The summed E-state index contributed by atoms with van der Waals surface area (Å²) in [5, 5.41) is 0. The number of rotatable bonds is 7. The van der Waals surface area contributed by atoms with Crippen molar-refractivity contribution >= 4 is 0 Å². The van der Waals surface area contributed by atoms with Crippen LogP contribution in [0.3, 0.4) is 0 Å². The number of hydrogen-bond acceptors (Lipinski definition) is 3. The fraction of sp³-hybridized carbons (Fsp3) is 0.435. The van der Waals surface area contributed by atoms with Gasteiger partial charge in [-0.1, -0.05) is 58.9 Å². The Balaban J connectivity index is 0.00000364. The standard InChI is InChI=1S/C23H31O3.Y/c1-16(2)17-8-10-18(11-9-17)21(24-6)26-22(25-7)19-12-14-20(15-13-19)23(3,4)5;/h8-15,21-22H,1-7H3;/q-1;. The van der Waals surface area contributed by atoms with Crippen molar-refractivity contribution in [3.8, 4) is 0 Å². The van der Waals surface area contributed by atoms with Gasteiger partial charge in [-0.2, -0.15) is 23.6 Å². The molecule has 0 aliphatic heterocycles. The summed E-state index contributed by atoms with van der Waals surface area (Å²) in [6, 6.07) is 16.6. The predicted octanol–water partition coefficient (Wildman–Crippen LogP) is 5.95. The molecule has 27 heavy (non-hydrogen) atoms. The van der Waals surface area contributed by atoms with Gasteiger partial charge in [-0.05, 0) is 16.5 Å². The third-order valence-corrected chi connectivity index (χ3v) is 4.48. The molecule has 2 unspecified atom stereocenters. The second kappa shape index (κ2) is 10.7. The minimum atomic E-state index is -0.492. The Morgan fingerprint density at radius 1 is 0.741 bits per heavy atom. The first kappa shape index (κ1) is 24.3. The van der Waals surface area contributed by atoms with E-state index in [1.54, 1.807) is 14.2 Å². The molecule has 0 fully saturated rings. The molecule has 0 amide bonds. The molecular formula is C23H31O3Y-. The maximum atomic E-state index is 6.10. The topological polar surface area (TPSA) is 27.7 Å². The molecule has 2 aromatic rings. The van der Waals surface area contributed by atoms with Crippen LogP contribution in [0.5, 0.6) is 0 Å². The second-order valence-corrected chi connectivity index (χ2v) is 7.77. The maximum absolute atomic E-state index is 6.10. The first-order chi connectivity index (χ1) is 12.3. The third kappa shape index (κ3) is 6.69. The molecule has 2 rings (SSSR count). The number of ether oxygens (including phenoxy) is 3. The van der Waals surface area contributed by atoms with Gasteiger partial charge in [0.25, 0.3) is 0 Å². The van der Waals surface area contributed by atoms with Gasteiger partial charge >= 0.3 is 0 Å². The van der Waals surface area contributed by atoms with Crippen LogP contribution in [0.1, 0.15) is 69.5 Å². The average molecular weight is 444 g/mol. The van der Waals surface area contributed by atoms with E-state index in [2.05, 4.69) is 71.0 Å². The Kier molecular flexibility index (Phi) is 9.67. The van der Waals surface area contributed by atoms with E-state index >= 15 is 0 Å². The molecule has 2 atom stereocenters. The van der Waals surface area contributed by atoms with Crippen LogP contribution in [0.25, 0.3) is 0 Å². The molecule has 2 aromatic carbocycles. The van der Waals surface area contributed by atoms with Crippen LogP contribution in [0, 0.1) is 5.92 Å². The summed E-state index contributed by atoms with van der Waals surface area (Å²) in [6.07, 6.45) is -0.985. The second-order valence-electron chi connectivity index (χ2n) is 7.77. The Bertz CT molecular complexity index is 672. The molecule has 0 bridgehead atoms. The fourth-order valence-electron chi connectivity index (χ4n) is 2.77. The maximum Gasteiger partial charge on any atom is 0.186 e. The van der Waals surface area contributed by atoms with Gasteiger partial charge in [0.05, 0.1) is 0 Å². The molecule has 0 heterocycles. The van der Waals surface area contributed by atoms with Crippen molar-refractivity contribution < 1.29 is 46.9 Å². The van der Waals surface area contributed by atoms with Gasteiger partial charge < -0.3 is 14.2 Å². The van der Waals surface area contributed by atoms with Crippen LogP contribution in [0.15, 0.2) is 48.5 Å². The average Bonchev–Trinajstić information content (AvgIpc) is 2.62. The Morgan fingerprint density at radius 2 is 1.15 bits per heavy atom. The first-order valence-corrected chi connectivity index (χ1v) is 8.98. The fourth-order valence-corrected chi connectivity index (χ4v) is 2.77. The number of benzene rings is 2. The molecule has 0 saturated heterocycles. The van der Waals surface area contributed by atoms with Crippen LogP contribution in [0.2, 0.25) is 0 Å². The van der Waals surface area contributed by atoms with Gasteiger partial charge in [0.2, 0.25) is 0 Å². The zero-order valence-electron chi connectivity index (χ0n) is 17.6. The molecule has 0 saturated carbocycles. The summed E-state index contributed by atoms with van der Waals surface area (Å²) in [6.45, 7) is 10.8. The van der Waals surface area contributed by atoms with E-state index in [0.29, 0.717) is 0 Å². The smallest absolute Gasteiger partial charge is 0.186 e. The zero-order chi connectivity index (χ0) is 19.3. The molecule has 0 spiro atoms. The van der Waals surface area contributed by atoms with Crippen LogP contribution in [-0.4, -0.2) is 14.2 Å². The molecule has 145 valence electrons. The van der Waals surface area contributed by atoms with E-state index in [4.69, 9.17) is 14.2 Å². The summed E-state index contributed by atoms with van der Waals surface area (Å²) < 4.78 is 17.2. The van der Waals surface area contributed by atoms with Crippen LogP contribution >= 0.6 is 0 Å². The summed E-state index contributed by atoms with van der Waals surface area (Å²) >= 11 is 0. The van der Waals surface area contributed by atoms with E-state index in [1.165, 1.54) is 17.0 Å². The van der Waals surface area contributed by atoms with Crippen LogP contribution < -0.4 is 0 Å². The third-order valence-electron chi connectivity index (χ3n) is 4.48. The Hall–Kier alpha value is -0.706. The molecule has 1 radical (unpaired) electrons. The van der Waals surface area contributed by atoms with Gasteiger partial charge in [0, 0.05) is 52.5 Å². The van der Waals surface area contributed by atoms with Crippen molar-refractivity contribution in [3.63, 3.8) is 0 Å². The summed E-state index contributed by atoms with van der Waals surface area (Å²) in [5.74, 6) is 1.28. The Morgan fingerprint density at radius 3 is 1.48 bits per heavy atom. The minimum absolute atomic E-state index is 0. The molecule has 0 aromatic heterocycles. The minimum Gasteiger partial charge on any atom is -0.352 e. The van der Waals surface area contributed by atoms with Crippen LogP contribution in [-0.2, 0) is 52.3 Å². The van der Waals surface area contributed by atoms with Crippen molar-refractivity contribution in [2.24, 2.45) is 0 Å². The summed E-state index contributed by atoms with van der Waals surface area (Å²) in [4.78, 5) is 0. The van der Waals surface area contributed by atoms with E-state index in [-0.39, 0.29) is 38.1 Å². The van der Waals surface area contributed by atoms with Gasteiger partial charge in [-0.25, -0.2) is 0 Å². The van der Waals surface area contributed by atoms with Gasteiger partial charge in [0.1, 0.15) is 0 Å². The van der Waals surface area contributed by atoms with E-state index < -0.39 is 12.6 Å². The van der Waals surface area contributed by atoms with Gasteiger partial charge in [-0.3, -0.25) is 0 Å². The van der Waals surface area contributed by atoms with E-state index in [9.17, 15) is 0 Å². The number of methoxy groups -OCH3 is 2. The quantitative estimate of drug-likeness (QED) is 0.390. The summed E-state index contributed by atoms with van der Waals surface area (Å²) in [7, 11) is 3.29. The summed E-state index contributed by atoms with van der Waals surface area (Å²) in [5.41, 5.74) is 4.54. The van der Waals surface area contributed by atoms with Crippen molar-refractivity contribution in [2.75, 3.05) is 14.2 Å². The van der Waals surface area contributed by atoms with Crippen molar-refractivity contribution in [1.82, 2.24) is 0 Å². The molecule has 0 aliphatic rings. The largest absolute Gasteiger partial charge is 0.352 e. The SMILES string of the molecule is COC(OC(OC)c1ccc(C(C)(C)C)cc1)c1ccc([C-](C)C)cc1.[Y]. The molecule has 4 heteroatoms. The van der Waals surface area contributed by atoms with E-state index in [1.807, 2.05) is 12.1 Å². The van der Waals surface area contributed by atoms with Crippen molar-refractivity contribution in [1.29, 1.82) is 0 Å². The predicted molar refractivity (Wildman–Crippen MR) is 106 cm³/mol. The number of hydrogen-bond donors (Lipinski definition) is 0. The first-order valence-electron chi connectivity index (χ1n) is 8.98. The molecule has 0 aliphatic carbocycles. The Labute approximate surface area is 189 Å². The normalized spacial score (nSPS) is 13.6. The monoisotopic (exact) mass is 444 g/mol. The molecule has 3 nitrogen and oxygen atoms in total.